The van der Waals surface area contributed by atoms with Crippen LogP contribution in [-0.4, -0.2) is 43.7 Å². The highest BCUT2D eigenvalue weighted by Gasteiger charge is 2.47. The fraction of sp³-hybridized carbons (Fsp3) is 0.214. The summed E-state index contributed by atoms with van der Waals surface area (Å²) >= 11 is 6.22. The highest BCUT2D eigenvalue weighted by molar-refractivity contribution is 6.51. The van der Waals surface area contributed by atoms with Crippen molar-refractivity contribution in [3.8, 4) is 23.0 Å². The van der Waals surface area contributed by atoms with Crippen LogP contribution in [0.4, 0.5) is 5.69 Å². The lowest BCUT2D eigenvalue weighted by Gasteiger charge is -2.27. The van der Waals surface area contributed by atoms with E-state index in [1.165, 1.54) is 12.0 Å². The first-order chi connectivity index (χ1) is 17.9. The zero-order valence-corrected chi connectivity index (χ0v) is 20.9. The second kappa shape index (κ2) is 10.1. The summed E-state index contributed by atoms with van der Waals surface area (Å²) in [5.41, 5.74) is 1.22. The molecule has 0 bridgehead atoms. The van der Waals surface area contributed by atoms with E-state index >= 15 is 0 Å². The Hall–Kier alpha value is -4.17. The number of benzene rings is 3. The Morgan fingerprint density at radius 3 is 2.59 bits per heavy atom. The molecule has 2 heterocycles. The maximum Gasteiger partial charge on any atom is 0.300 e. The van der Waals surface area contributed by atoms with E-state index in [1.54, 1.807) is 60.7 Å². The van der Waals surface area contributed by atoms with E-state index in [9.17, 15) is 14.7 Å². The van der Waals surface area contributed by atoms with Gasteiger partial charge < -0.3 is 24.1 Å². The molecule has 5 rings (SSSR count). The summed E-state index contributed by atoms with van der Waals surface area (Å²) in [5, 5.41) is 11.8. The molecular formula is C28H24ClNO7. The molecule has 0 spiro atoms. The first kappa shape index (κ1) is 24.5. The van der Waals surface area contributed by atoms with Gasteiger partial charge >= 0.3 is 0 Å². The summed E-state index contributed by atoms with van der Waals surface area (Å²) in [6.07, 6.45) is 0. The lowest BCUT2D eigenvalue weighted by molar-refractivity contribution is -0.132. The van der Waals surface area contributed by atoms with Gasteiger partial charge in [-0.05, 0) is 55.0 Å². The number of amides is 1. The minimum absolute atomic E-state index is 0.0714. The number of ether oxygens (including phenoxy) is 4. The summed E-state index contributed by atoms with van der Waals surface area (Å²) < 4.78 is 22.2. The zero-order valence-electron chi connectivity index (χ0n) is 20.2. The Morgan fingerprint density at radius 1 is 1.05 bits per heavy atom. The van der Waals surface area contributed by atoms with Gasteiger partial charge in [0.25, 0.3) is 11.7 Å². The second-order valence-corrected chi connectivity index (χ2v) is 8.76. The molecule has 2 aliphatic rings. The first-order valence-corrected chi connectivity index (χ1v) is 12.1. The molecule has 1 fully saturated rings. The van der Waals surface area contributed by atoms with Gasteiger partial charge in [0.2, 0.25) is 0 Å². The molecule has 1 unspecified atom stereocenters. The quantitative estimate of drug-likeness (QED) is 0.272. The number of rotatable bonds is 6. The SMILES string of the molecule is CCOc1cc(/C(O)=C2\C(=O)C(=O)N(c3ccc4c(c3)OCCO4)C2c2cccc(OC)c2)ccc1Cl. The van der Waals surface area contributed by atoms with Crippen LogP contribution in [0.1, 0.15) is 24.1 Å². The first-order valence-electron chi connectivity index (χ1n) is 11.7. The third-order valence-corrected chi connectivity index (χ3v) is 6.47. The number of fused-ring (bicyclic) bond motifs is 1. The molecule has 0 aromatic heterocycles. The Morgan fingerprint density at radius 2 is 1.84 bits per heavy atom. The maximum atomic E-state index is 13.5. The number of nitrogens with zero attached hydrogens (tertiary/aromatic N) is 1. The molecule has 9 heteroatoms. The van der Waals surface area contributed by atoms with Crippen molar-refractivity contribution in [2.45, 2.75) is 13.0 Å². The van der Waals surface area contributed by atoms with E-state index in [0.717, 1.165) is 0 Å². The van der Waals surface area contributed by atoms with Crippen LogP contribution in [0.3, 0.4) is 0 Å². The Bertz CT molecular complexity index is 1420. The molecular weight excluding hydrogens is 498 g/mol. The van der Waals surface area contributed by atoms with Gasteiger partial charge in [-0.1, -0.05) is 23.7 Å². The zero-order chi connectivity index (χ0) is 26.1. The minimum Gasteiger partial charge on any atom is -0.507 e. The van der Waals surface area contributed by atoms with Gasteiger partial charge in [-0.15, -0.1) is 0 Å². The summed E-state index contributed by atoms with van der Waals surface area (Å²) in [7, 11) is 1.53. The van der Waals surface area contributed by atoms with E-state index in [2.05, 4.69) is 0 Å². The smallest absolute Gasteiger partial charge is 0.300 e. The lowest BCUT2D eigenvalue weighted by atomic mass is 9.95. The fourth-order valence-electron chi connectivity index (χ4n) is 4.48. The number of anilines is 1. The predicted molar refractivity (Wildman–Crippen MR) is 138 cm³/mol. The van der Waals surface area contributed by atoms with Gasteiger partial charge in [0.1, 0.15) is 30.5 Å². The summed E-state index contributed by atoms with van der Waals surface area (Å²) in [6, 6.07) is 15.8. The number of aliphatic hydroxyl groups excluding tert-OH is 1. The van der Waals surface area contributed by atoms with Gasteiger partial charge in [-0.25, -0.2) is 0 Å². The standard InChI is InChI=1S/C28H24ClNO7/c1-3-35-22-14-17(7-9-20(22)29)26(31)24-25(16-5-4-6-19(13-16)34-2)30(28(33)27(24)32)18-8-10-21-23(15-18)37-12-11-36-21/h4-10,13-15,25,31H,3,11-12H2,1-2H3/b26-24+. The molecule has 1 amide bonds. The second-order valence-electron chi connectivity index (χ2n) is 8.35. The van der Waals surface area contributed by atoms with Crippen LogP contribution in [0, 0.1) is 0 Å². The number of hydrogen-bond acceptors (Lipinski definition) is 7. The topological polar surface area (TPSA) is 94.5 Å². The highest BCUT2D eigenvalue weighted by Crippen LogP contribution is 2.45. The van der Waals surface area contributed by atoms with Crippen molar-refractivity contribution < 1.29 is 33.6 Å². The number of carbonyl (C=O) groups excluding carboxylic acids is 2. The molecule has 0 saturated carbocycles. The van der Waals surface area contributed by atoms with Crippen molar-refractivity contribution in [3.05, 3.63) is 82.4 Å². The third kappa shape index (κ3) is 4.44. The van der Waals surface area contributed by atoms with E-state index in [-0.39, 0.29) is 11.3 Å². The van der Waals surface area contributed by atoms with E-state index in [4.69, 9.17) is 30.5 Å². The number of carbonyl (C=O) groups is 2. The van der Waals surface area contributed by atoms with Crippen molar-refractivity contribution in [2.75, 3.05) is 31.8 Å². The van der Waals surface area contributed by atoms with Crippen molar-refractivity contribution in [2.24, 2.45) is 0 Å². The van der Waals surface area contributed by atoms with Crippen molar-refractivity contribution in [1.29, 1.82) is 0 Å². The monoisotopic (exact) mass is 521 g/mol. The van der Waals surface area contributed by atoms with E-state index in [0.29, 0.717) is 64.7 Å². The maximum absolute atomic E-state index is 13.5. The Balaban J connectivity index is 1.70. The molecule has 0 radical (unpaired) electrons. The van der Waals surface area contributed by atoms with E-state index < -0.39 is 17.7 Å². The molecule has 190 valence electrons. The van der Waals surface area contributed by atoms with Crippen LogP contribution >= 0.6 is 11.6 Å². The average molecular weight is 522 g/mol. The van der Waals surface area contributed by atoms with Crippen LogP contribution in [0.5, 0.6) is 23.0 Å². The molecule has 1 atom stereocenters. The third-order valence-electron chi connectivity index (χ3n) is 6.16. The van der Waals surface area contributed by atoms with Crippen LogP contribution in [0.2, 0.25) is 5.02 Å². The average Bonchev–Trinajstić information content (AvgIpc) is 3.19. The molecule has 37 heavy (non-hydrogen) atoms. The number of methoxy groups -OCH3 is 1. The summed E-state index contributed by atoms with van der Waals surface area (Å²) in [6.45, 7) is 2.96. The summed E-state index contributed by atoms with van der Waals surface area (Å²) in [4.78, 5) is 28.3. The minimum atomic E-state index is -0.941. The van der Waals surface area contributed by atoms with Gasteiger partial charge in [0.15, 0.2) is 11.5 Å². The van der Waals surface area contributed by atoms with Crippen molar-refractivity contribution in [1.82, 2.24) is 0 Å². The number of hydrogen-bond donors (Lipinski definition) is 1. The molecule has 1 saturated heterocycles. The van der Waals surface area contributed by atoms with Gasteiger partial charge in [0.05, 0.1) is 30.4 Å². The van der Waals surface area contributed by atoms with Crippen LogP contribution in [-0.2, 0) is 9.59 Å². The van der Waals surface area contributed by atoms with Gasteiger partial charge in [-0.3, -0.25) is 14.5 Å². The molecule has 3 aromatic carbocycles. The fourth-order valence-corrected chi connectivity index (χ4v) is 4.65. The Kier molecular flexibility index (Phi) is 6.67. The van der Waals surface area contributed by atoms with Crippen molar-refractivity contribution in [3.63, 3.8) is 0 Å². The number of aliphatic hydroxyl groups is 1. The number of Topliss-reactive ketones (excluding diaryl/α,β-unsaturated/α-hetero) is 1. The number of halogens is 1. The van der Waals surface area contributed by atoms with Crippen molar-refractivity contribution >= 4 is 34.7 Å². The largest absolute Gasteiger partial charge is 0.507 e. The van der Waals surface area contributed by atoms with Gasteiger partial charge in [0, 0.05) is 17.3 Å². The molecule has 0 aliphatic carbocycles. The molecule has 1 N–H and O–H groups in total. The molecule has 3 aromatic rings. The van der Waals surface area contributed by atoms with E-state index in [1.807, 2.05) is 6.92 Å². The molecule has 8 nitrogen and oxygen atoms in total. The van der Waals surface area contributed by atoms with Crippen LogP contribution in [0.25, 0.3) is 5.76 Å². The highest BCUT2D eigenvalue weighted by atomic mass is 35.5. The lowest BCUT2D eigenvalue weighted by Crippen LogP contribution is -2.29. The molecule has 2 aliphatic heterocycles. The van der Waals surface area contributed by atoms with Crippen LogP contribution < -0.4 is 23.8 Å². The van der Waals surface area contributed by atoms with Crippen LogP contribution in [0.15, 0.2) is 66.2 Å². The van der Waals surface area contributed by atoms with Gasteiger partial charge in [-0.2, -0.15) is 0 Å². The Labute approximate surface area is 218 Å². The predicted octanol–water partition coefficient (Wildman–Crippen LogP) is 5.14. The number of ketones is 1. The summed E-state index contributed by atoms with van der Waals surface area (Å²) in [5.74, 6) is -0.0483. The normalized spacial score (nSPS) is 18.1.